The number of amides is 2. The van der Waals surface area contributed by atoms with Crippen LogP contribution in [-0.4, -0.2) is 38.1 Å². The molecule has 3 aliphatic heterocycles. The average molecular weight is 1040 g/mol. The van der Waals surface area contributed by atoms with Gasteiger partial charge in [-0.1, -0.05) is 38.1 Å². The minimum atomic E-state index is -2.53. The Kier molecular flexibility index (Phi) is 13.7. The molecule has 0 aromatic heterocycles. The molecule has 1 saturated heterocycles. The summed E-state index contributed by atoms with van der Waals surface area (Å²) in [5, 5.41) is 4.86. The second kappa shape index (κ2) is 19.6. The van der Waals surface area contributed by atoms with E-state index in [0.717, 1.165) is 50.1 Å². The van der Waals surface area contributed by atoms with Gasteiger partial charge in [-0.05, 0) is 24.5 Å². The molecule has 64 heavy (non-hydrogen) atoms. The number of benzene rings is 5. The number of nitrogens with zero attached hydrogens (tertiary/aromatic N) is 2. The van der Waals surface area contributed by atoms with Crippen molar-refractivity contribution in [2.45, 2.75) is 41.5 Å². The summed E-state index contributed by atoms with van der Waals surface area (Å²) in [6.45, 7) is 14.8. The van der Waals surface area contributed by atoms with E-state index in [0.29, 0.717) is 37.4 Å². The first-order valence-corrected chi connectivity index (χ1v) is 25.2. The van der Waals surface area contributed by atoms with Gasteiger partial charge in [0.1, 0.15) is 0 Å². The van der Waals surface area contributed by atoms with Crippen molar-refractivity contribution in [3.63, 3.8) is 0 Å². The average Bonchev–Trinajstić information content (AvgIpc) is 3.95. The number of carbonyl (C=O) groups is 2. The van der Waals surface area contributed by atoms with Gasteiger partial charge in [0.15, 0.2) is 0 Å². The minimum absolute atomic E-state index is 0.118. The van der Waals surface area contributed by atoms with Gasteiger partial charge in [-0.2, -0.15) is 0 Å². The standard InChI is InChI=1S/C57H55N2O3P.Os/c1-8-19-42-27-30-50-52(32-42)58(35-39(3)4)56(60)54(50)55-51-31-28-43(33-53(51)59(57(55)61)36-40(5)6)26-29-45(34-46-38-62-37-44(46)9-2)41(7)63(47-20-13-10-14-21-47,48-22-15-11-16-23-48)49-24-17-12-18-25-49;/h8-34,39-40H,35-38H2,1-6H3;/q+1;/b19-8+,29-26+,44-9?,45-41?,46-34?,55-54+;. The van der Waals surface area contributed by atoms with Crippen molar-refractivity contribution in [1.82, 2.24) is 0 Å². The van der Waals surface area contributed by atoms with Crippen molar-refractivity contribution in [1.29, 1.82) is 0 Å². The van der Waals surface area contributed by atoms with Crippen LogP contribution in [0.25, 0.3) is 23.3 Å². The van der Waals surface area contributed by atoms with E-state index in [1.54, 1.807) is 17.9 Å². The normalized spacial score (nSPS) is 18.1. The van der Waals surface area contributed by atoms with Crippen LogP contribution in [0.2, 0.25) is 0 Å². The molecule has 3 aliphatic rings. The van der Waals surface area contributed by atoms with E-state index in [9.17, 15) is 9.59 Å². The summed E-state index contributed by atoms with van der Waals surface area (Å²) in [6.07, 6.45) is 12.9. The molecule has 1 fully saturated rings. The number of anilines is 2. The van der Waals surface area contributed by atoms with Crippen molar-refractivity contribution in [3.8, 4) is 4.37 Å². The Hall–Kier alpha value is -5.71. The van der Waals surface area contributed by atoms with E-state index >= 15 is 0 Å². The van der Waals surface area contributed by atoms with E-state index in [1.165, 1.54) is 21.5 Å². The second-order valence-electron chi connectivity index (χ2n) is 17.3. The molecule has 2 amide bonds. The van der Waals surface area contributed by atoms with Gasteiger partial charge in [-0.25, -0.2) is 0 Å². The zero-order valence-corrected chi connectivity index (χ0v) is 40.9. The predicted octanol–water partition coefficient (Wildman–Crippen LogP) is 11.3. The van der Waals surface area contributed by atoms with Gasteiger partial charge in [0, 0.05) is 6.54 Å². The van der Waals surface area contributed by atoms with Crippen LogP contribution in [0, 0.1) is 16.2 Å². The van der Waals surface area contributed by atoms with Gasteiger partial charge in [-0.3, -0.25) is 4.79 Å². The van der Waals surface area contributed by atoms with Crippen LogP contribution in [0.4, 0.5) is 11.4 Å². The Labute approximate surface area is 389 Å². The first-order valence-electron chi connectivity index (χ1n) is 22.2. The summed E-state index contributed by atoms with van der Waals surface area (Å²) < 4.78 is 9.88. The molecule has 0 atom stereocenters. The number of carbonyl (C=O) groups excluding carboxylic acids is 2. The summed E-state index contributed by atoms with van der Waals surface area (Å²) in [6, 6.07) is 45.1. The first-order chi connectivity index (χ1) is 31.1. The van der Waals surface area contributed by atoms with Crippen LogP contribution in [0.5, 0.6) is 0 Å². The van der Waals surface area contributed by atoms with Gasteiger partial charge < -0.3 is 4.90 Å². The Morgan fingerprint density at radius 2 is 1.11 bits per heavy atom. The fourth-order valence-corrected chi connectivity index (χ4v) is 15.0. The van der Waals surface area contributed by atoms with Gasteiger partial charge in [0.05, 0.1) is 5.69 Å². The molecule has 5 aromatic carbocycles. The second-order valence-corrected chi connectivity index (χ2v) is 21.3. The molecule has 0 saturated carbocycles. The molecule has 0 unspecified atom stereocenters. The van der Waals surface area contributed by atoms with Crippen LogP contribution in [0.1, 0.15) is 63.8 Å². The molecule has 7 heteroatoms. The SMILES string of the molecule is CC=C1COCC1=CC(/C=C/c1ccc2c(c1)N(CC(C)C)C(=O)/C2=C1/C(=O)N(CC(C)C)c2cc(/C=C/C)ccc21)=C([C]#[Os])[P+](c1ccccc1)(c1ccccc1)c1ccccc1. The van der Waals surface area contributed by atoms with Crippen molar-refractivity contribution in [3.05, 3.63) is 196 Å². The molecule has 5 nitrogen and oxygen atoms in total. The molecular formula is C57H55N2O3OsP+. The maximum atomic E-state index is 14.8. The molecule has 0 spiro atoms. The van der Waals surface area contributed by atoms with E-state index in [2.05, 4.69) is 172 Å². The molecule has 5 aromatic rings. The number of ether oxygens (including phenoxy) is 1. The molecule has 323 valence electrons. The summed E-state index contributed by atoms with van der Waals surface area (Å²) in [5.74, 6) is 0.200. The van der Waals surface area contributed by atoms with Crippen LogP contribution in [0.15, 0.2) is 174 Å². The van der Waals surface area contributed by atoms with Gasteiger partial charge >= 0.3 is 307 Å². The summed E-state index contributed by atoms with van der Waals surface area (Å²) >= 11 is 1.77. The molecule has 0 N–H and O–H groups in total. The van der Waals surface area contributed by atoms with Gasteiger partial charge in [0.25, 0.3) is 0 Å². The topological polar surface area (TPSA) is 49.9 Å². The zero-order chi connectivity index (χ0) is 45.0. The maximum absolute atomic E-state index is 14.8. The monoisotopic (exact) mass is 1040 g/mol. The third-order valence-electron chi connectivity index (χ3n) is 12.0. The first kappa shape index (κ1) is 44.9. The van der Waals surface area contributed by atoms with Crippen LogP contribution < -0.4 is 25.7 Å². The number of rotatable bonds is 12. The molecule has 8 rings (SSSR count). The molecular weight excluding hydrogens is 982 g/mol. The number of hydrogen-bond donors (Lipinski definition) is 0. The summed E-state index contributed by atoms with van der Waals surface area (Å²) in [7, 11) is -2.53. The quantitative estimate of drug-likeness (QED) is 0.0711. The third kappa shape index (κ3) is 8.50. The molecule has 0 radical (unpaired) electrons. The Balaban J connectivity index is 1.34. The number of fused-ring (bicyclic) bond motifs is 2. The van der Waals surface area contributed by atoms with E-state index in [4.69, 9.17) is 4.74 Å². The van der Waals surface area contributed by atoms with E-state index in [-0.39, 0.29) is 23.7 Å². The van der Waals surface area contributed by atoms with Crippen molar-refractivity contribution < 1.29 is 32.3 Å². The Bertz CT molecular complexity index is 2730. The summed E-state index contributed by atoms with van der Waals surface area (Å²) in [4.78, 5) is 33.2. The Morgan fingerprint density at radius 1 is 0.656 bits per heavy atom. The number of allylic oxidation sites excluding steroid dienone is 6. The fraction of sp³-hybridized carbons (Fsp3) is 0.211. The van der Waals surface area contributed by atoms with Gasteiger partial charge in [0.2, 0.25) is 0 Å². The van der Waals surface area contributed by atoms with Gasteiger partial charge in [-0.15, -0.1) is 0 Å². The van der Waals surface area contributed by atoms with E-state index < -0.39 is 7.26 Å². The summed E-state index contributed by atoms with van der Waals surface area (Å²) in [5.41, 5.74) is 9.61. The molecule has 0 aliphatic carbocycles. The predicted molar refractivity (Wildman–Crippen MR) is 267 cm³/mol. The molecule has 0 bridgehead atoms. The zero-order valence-electron chi connectivity index (χ0n) is 37.5. The molecule has 3 heterocycles. The fourth-order valence-electron chi connectivity index (χ4n) is 9.18. The van der Waals surface area contributed by atoms with Crippen LogP contribution in [-0.2, 0) is 32.3 Å². The van der Waals surface area contributed by atoms with Crippen molar-refractivity contribution >= 4 is 69.7 Å². The van der Waals surface area contributed by atoms with Crippen molar-refractivity contribution in [2.75, 3.05) is 36.1 Å². The van der Waals surface area contributed by atoms with Crippen LogP contribution >= 0.6 is 7.26 Å². The third-order valence-corrected chi connectivity index (χ3v) is 17.4. The van der Waals surface area contributed by atoms with Crippen LogP contribution in [0.3, 0.4) is 0 Å². The van der Waals surface area contributed by atoms with Crippen molar-refractivity contribution in [2.24, 2.45) is 11.8 Å². The van der Waals surface area contributed by atoms with E-state index in [1.807, 2.05) is 47.1 Å². The number of hydrogen-bond acceptors (Lipinski definition) is 3. The Morgan fingerprint density at radius 3 is 1.53 bits per heavy atom.